The summed E-state index contributed by atoms with van der Waals surface area (Å²) < 4.78 is 47.7. The first-order valence-electron chi connectivity index (χ1n) is 13.2. The summed E-state index contributed by atoms with van der Waals surface area (Å²) in [6.07, 6.45) is 0.182. The molecular weight excluding hydrogens is 557 g/mol. The number of amides is 2. The lowest BCUT2D eigenvalue weighted by Gasteiger charge is -2.33. The zero-order valence-electron chi connectivity index (χ0n) is 23.3. The Balaban J connectivity index is 1.77. The molecular formula is C32H32FN3O5S. The zero-order chi connectivity index (χ0) is 30.1. The van der Waals surface area contributed by atoms with E-state index >= 15 is 0 Å². The Bertz CT molecular complexity index is 1580. The first-order valence-corrected chi connectivity index (χ1v) is 14.7. The number of sulfonamides is 1. The summed E-state index contributed by atoms with van der Waals surface area (Å²) in [5.74, 6) is -0.957. The van der Waals surface area contributed by atoms with Gasteiger partial charge in [0.05, 0.1) is 17.7 Å². The topological polar surface area (TPSA) is 96.0 Å². The van der Waals surface area contributed by atoms with Crippen LogP contribution in [0.15, 0.2) is 114 Å². The molecule has 42 heavy (non-hydrogen) atoms. The number of likely N-dealkylation sites (N-methyl/N-ethyl adjacent to an activating group) is 1. The van der Waals surface area contributed by atoms with E-state index in [9.17, 15) is 22.4 Å². The van der Waals surface area contributed by atoms with E-state index in [4.69, 9.17) is 4.74 Å². The Morgan fingerprint density at radius 3 is 2.00 bits per heavy atom. The van der Waals surface area contributed by atoms with Gasteiger partial charge in [0.15, 0.2) is 0 Å². The van der Waals surface area contributed by atoms with Crippen LogP contribution >= 0.6 is 0 Å². The molecule has 1 N–H and O–H groups in total. The molecule has 10 heteroatoms. The maximum absolute atomic E-state index is 14.2. The number of rotatable bonds is 12. The van der Waals surface area contributed by atoms with Gasteiger partial charge in [0.2, 0.25) is 11.8 Å². The molecule has 0 unspecified atom stereocenters. The van der Waals surface area contributed by atoms with Crippen molar-refractivity contribution in [2.24, 2.45) is 0 Å². The molecule has 0 radical (unpaired) electrons. The van der Waals surface area contributed by atoms with Gasteiger partial charge in [-0.15, -0.1) is 0 Å². The van der Waals surface area contributed by atoms with Gasteiger partial charge in [0, 0.05) is 20.0 Å². The van der Waals surface area contributed by atoms with E-state index in [1.54, 1.807) is 42.5 Å². The molecule has 0 saturated carbocycles. The number of carbonyl (C=O) groups is 2. The first kappa shape index (κ1) is 30.3. The Hall–Kier alpha value is -4.70. The molecule has 0 aromatic heterocycles. The summed E-state index contributed by atoms with van der Waals surface area (Å²) in [6, 6.07) is 27.9. The molecule has 218 valence electrons. The van der Waals surface area contributed by atoms with Crippen LogP contribution in [0.1, 0.15) is 11.1 Å². The van der Waals surface area contributed by atoms with Gasteiger partial charge in [0.1, 0.15) is 24.2 Å². The van der Waals surface area contributed by atoms with Gasteiger partial charge >= 0.3 is 0 Å². The van der Waals surface area contributed by atoms with Gasteiger partial charge < -0.3 is 15.0 Å². The number of benzene rings is 4. The van der Waals surface area contributed by atoms with Crippen LogP contribution in [0.3, 0.4) is 0 Å². The van der Waals surface area contributed by atoms with Gasteiger partial charge in [0.25, 0.3) is 10.0 Å². The number of carbonyl (C=O) groups excluding carboxylic acids is 2. The second kappa shape index (κ2) is 13.8. The molecule has 0 aliphatic rings. The summed E-state index contributed by atoms with van der Waals surface area (Å²) >= 11 is 0. The second-order valence-electron chi connectivity index (χ2n) is 9.49. The van der Waals surface area contributed by atoms with Crippen molar-refractivity contribution >= 4 is 27.5 Å². The summed E-state index contributed by atoms with van der Waals surface area (Å²) in [6.45, 7) is -0.640. The smallest absolute Gasteiger partial charge is 0.264 e. The quantitative estimate of drug-likeness (QED) is 0.264. The number of methoxy groups -OCH3 is 1. The van der Waals surface area contributed by atoms with Crippen LogP contribution in [0.2, 0.25) is 0 Å². The lowest BCUT2D eigenvalue weighted by molar-refractivity contribution is -0.139. The number of anilines is 1. The third kappa shape index (κ3) is 7.32. The minimum Gasteiger partial charge on any atom is -0.497 e. The highest BCUT2D eigenvalue weighted by Gasteiger charge is 2.34. The van der Waals surface area contributed by atoms with E-state index in [1.165, 1.54) is 55.5 Å². The highest BCUT2D eigenvalue weighted by atomic mass is 32.2. The Kier molecular flexibility index (Phi) is 9.93. The number of hydrogen-bond acceptors (Lipinski definition) is 5. The van der Waals surface area contributed by atoms with E-state index in [-0.39, 0.29) is 23.5 Å². The van der Waals surface area contributed by atoms with Crippen molar-refractivity contribution < 1.29 is 27.1 Å². The third-order valence-corrected chi connectivity index (χ3v) is 8.54. The Morgan fingerprint density at radius 1 is 0.833 bits per heavy atom. The van der Waals surface area contributed by atoms with Gasteiger partial charge in [-0.05, 0) is 59.7 Å². The lowest BCUT2D eigenvalue weighted by atomic mass is 10.0. The monoisotopic (exact) mass is 589 g/mol. The summed E-state index contributed by atoms with van der Waals surface area (Å²) in [4.78, 5) is 28.8. The number of ether oxygens (including phenoxy) is 1. The molecule has 1 atom stereocenters. The van der Waals surface area contributed by atoms with Crippen LogP contribution in [-0.2, 0) is 32.6 Å². The Labute approximate surface area is 245 Å². The van der Waals surface area contributed by atoms with Crippen molar-refractivity contribution in [3.8, 4) is 5.75 Å². The largest absolute Gasteiger partial charge is 0.497 e. The maximum Gasteiger partial charge on any atom is 0.264 e. The highest BCUT2D eigenvalue weighted by Crippen LogP contribution is 2.27. The summed E-state index contributed by atoms with van der Waals surface area (Å²) in [5, 5.41) is 2.63. The van der Waals surface area contributed by atoms with Crippen molar-refractivity contribution in [1.29, 1.82) is 0 Å². The van der Waals surface area contributed by atoms with E-state index in [1.807, 2.05) is 30.3 Å². The summed E-state index contributed by atoms with van der Waals surface area (Å²) in [5.41, 5.74) is 1.63. The molecule has 0 aliphatic carbocycles. The third-order valence-electron chi connectivity index (χ3n) is 6.75. The fraction of sp³-hybridized carbons (Fsp3) is 0.188. The normalized spacial score (nSPS) is 11.8. The molecule has 2 amide bonds. The summed E-state index contributed by atoms with van der Waals surface area (Å²) in [7, 11) is -1.22. The van der Waals surface area contributed by atoms with Gasteiger partial charge in [-0.3, -0.25) is 13.9 Å². The molecule has 0 heterocycles. The van der Waals surface area contributed by atoms with Crippen LogP contribution in [-0.4, -0.2) is 51.9 Å². The molecule has 4 aromatic rings. The van der Waals surface area contributed by atoms with E-state index < -0.39 is 40.2 Å². The van der Waals surface area contributed by atoms with Gasteiger partial charge in [-0.25, -0.2) is 12.8 Å². The van der Waals surface area contributed by atoms with E-state index in [0.29, 0.717) is 11.3 Å². The van der Waals surface area contributed by atoms with E-state index in [2.05, 4.69) is 5.32 Å². The van der Waals surface area contributed by atoms with Crippen LogP contribution in [0.5, 0.6) is 5.75 Å². The molecule has 0 saturated heterocycles. The van der Waals surface area contributed by atoms with Crippen LogP contribution in [0, 0.1) is 5.82 Å². The molecule has 0 bridgehead atoms. The van der Waals surface area contributed by atoms with Crippen molar-refractivity contribution in [1.82, 2.24) is 10.2 Å². The average Bonchev–Trinajstić information content (AvgIpc) is 3.03. The number of nitrogens with zero attached hydrogens (tertiary/aromatic N) is 2. The van der Waals surface area contributed by atoms with E-state index in [0.717, 1.165) is 9.87 Å². The molecule has 4 aromatic carbocycles. The number of nitrogens with one attached hydrogen (secondary N) is 1. The number of halogens is 1. The molecule has 0 spiro atoms. The van der Waals surface area contributed by atoms with Crippen LogP contribution in [0.4, 0.5) is 10.1 Å². The second-order valence-corrected chi connectivity index (χ2v) is 11.4. The van der Waals surface area contributed by atoms with Gasteiger partial charge in [-0.1, -0.05) is 60.7 Å². The van der Waals surface area contributed by atoms with Crippen molar-refractivity contribution in [2.45, 2.75) is 23.9 Å². The predicted molar refractivity (Wildman–Crippen MR) is 159 cm³/mol. The van der Waals surface area contributed by atoms with Crippen LogP contribution < -0.4 is 14.4 Å². The lowest BCUT2D eigenvalue weighted by Crippen LogP contribution is -2.53. The standard InChI is InChI=1S/C32H32FN3O5S/c1-34-32(38)30(21-24-9-5-3-6-10-24)35(22-25-13-15-26(33)16-14-25)31(37)23-36(27-17-19-28(41-2)20-18-27)42(39,40)29-11-7-4-8-12-29/h3-20,30H,21-23H2,1-2H3,(H,34,38)/t30-/m0/s1. The molecule has 0 aliphatic heterocycles. The van der Waals surface area contributed by atoms with Crippen molar-refractivity contribution in [3.63, 3.8) is 0 Å². The minimum atomic E-state index is -4.20. The fourth-order valence-corrected chi connectivity index (χ4v) is 5.94. The SMILES string of the molecule is CNC(=O)[C@H](Cc1ccccc1)N(Cc1ccc(F)cc1)C(=O)CN(c1ccc(OC)cc1)S(=O)(=O)c1ccccc1. The van der Waals surface area contributed by atoms with Gasteiger partial charge in [-0.2, -0.15) is 0 Å². The fourth-order valence-electron chi connectivity index (χ4n) is 4.50. The average molecular weight is 590 g/mol. The number of hydrogen-bond donors (Lipinski definition) is 1. The minimum absolute atomic E-state index is 0.00541. The van der Waals surface area contributed by atoms with Crippen molar-refractivity contribution in [2.75, 3.05) is 25.0 Å². The highest BCUT2D eigenvalue weighted by molar-refractivity contribution is 7.92. The predicted octanol–water partition coefficient (Wildman–Crippen LogP) is 4.42. The molecule has 0 fully saturated rings. The molecule has 4 rings (SSSR count). The zero-order valence-corrected chi connectivity index (χ0v) is 24.1. The first-order chi connectivity index (χ1) is 20.2. The maximum atomic E-state index is 14.2. The Morgan fingerprint density at radius 2 is 1.43 bits per heavy atom. The molecule has 8 nitrogen and oxygen atoms in total. The van der Waals surface area contributed by atoms with Crippen molar-refractivity contribution in [3.05, 3.63) is 126 Å². The van der Waals surface area contributed by atoms with Crippen LogP contribution in [0.25, 0.3) is 0 Å².